The van der Waals surface area contributed by atoms with Gasteiger partial charge in [-0.3, -0.25) is 0 Å². The molecule has 0 spiro atoms. The second-order valence-electron chi connectivity index (χ2n) is 5.41. The fourth-order valence-electron chi connectivity index (χ4n) is 2.30. The third kappa shape index (κ3) is 9.27. The molecule has 0 saturated heterocycles. The molecular weight excluding hydrogens is 216 g/mol. The molecular formula is C18H32. The van der Waals surface area contributed by atoms with Crippen LogP contribution in [0.3, 0.4) is 0 Å². The van der Waals surface area contributed by atoms with E-state index < -0.39 is 0 Å². The molecule has 0 aliphatic rings. The van der Waals surface area contributed by atoms with E-state index >= 15 is 0 Å². The van der Waals surface area contributed by atoms with Gasteiger partial charge in [0, 0.05) is 0 Å². The molecule has 0 aliphatic carbocycles. The number of rotatable bonds is 11. The van der Waals surface area contributed by atoms with E-state index in [2.05, 4.69) is 40.0 Å². The molecule has 0 bridgehead atoms. The minimum atomic E-state index is 0.742. The molecule has 1 atom stereocenters. The van der Waals surface area contributed by atoms with Crippen molar-refractivity contribution in [3.8, 4) is 0 Å². The van der Waals surface area contributed by atoms with Gasteiger partial charge in [-0.1, -0.05) is 50.6 Å². The van der Waals surface area contributed by atoms with Gasteiger partial charge in [0.25, 0.3) is 0 Å². The first-order valence-electron chi connectivity index (χ1n) is 7.59. The van der Waals surface area contributed by atoms with Crippen molar-refractivity contribution in [3.63, 3.8) is 0 Å². The summed E-state index contributed by atoms with van der Waals surface area (Å²) in [6.45, 7) is 14.7. The van der Waals surface area contributed by atoms with E-state index in [1.54, 1.807) is 5.57 Å². The Labute approximate surface area is 115 Å². The zero-order chi connectivity index (χ0) is 13.8. The molecule has 18 heavy (non-hydrogen) atoms. The van der Waals surface area contributed by atoms with Crippen LogP contribution in [-0.4, -0.2) is 0 Å². The lowest BCUT2D eigenvalue weighted by Gasteiger charge is -2.13. The molecule has 0 aromatic heterocycles. The van der Waals surface area contributed by atoms with Gasteiger partial charge in [-0.15, -0.1) is 6.58 Å². The van der Waals surface area contributed by atoms with Crippen molar-refractivity contribution in [1.29, 1.82) is 0 Å². The maximum absolute atomic E-state index is 4.07. The molecule has 0 radical (unpaired) electrons. The Balaban J connectivity index is 3.94. The van der Waals surface area contributed by atoms with Gasteiger partial charge in [-0.05, 0) is 57.3 Å². The van der Waals surface area contributed by atoms with E-state index in [0.29, 0.717) is 0 Å². The fourth-order valence-corrected chi connectivity index (χ4v) is 2.30. The van der Waals surface area contributed by atoms with Crippen LogP contribution in [0.5, 0.6) is 0 Å². The smallest absolute Gasteiger partial charge is 0.0291 e. The fraction of sp³-hybridized carbons (Fsp3) is 0.667. The van der Waals surface area contributed by atoms with E-state index in [9.17, 15) is 0 Å². The van der Waals surface area contributed by atoms with Gasteiger partial charge in [0.05, 0.1) is 0 Å². The van der Waals surface area contributed by atoms with Crippen molar-refractivity contribution < 1.29 is 0 Å². The van der Waals surface area contributed by atoms with Crippen LogP contribution in [0.25, 0.3) is 0 Å². The van der Waals surface area contributed by atoms with Gasteiger partial charge in [0.2, 0.25) is 0 Å². The molecule has 0 heterocycles. The van der Waals surface area contributed by atoms with Crippen LogP contribution in [0.2, 0.25) is 0 Å². The quantitative estimate of drug-likeness (QED) is 0.291. The maximum atomic E-state index is 4.07. The highest BCUT2D eigenvalue weighted by Gasteiger charge is 2.04. The maximum Gasteiger partial charge on any atom is -0.0291 e. The van der Waals surface area contributed by atoms with Gasteiger partial charge in [-0.25, -0.2) is 0 Å². The monoisotopic (exact) mass is 248 g/mol. The first-order chi connectivity index (χ1) is 8.63. The summed E-state index contributed by atoms with van der Waals surface area (Å²) in [4.78, 5) is 0. The number of hydrogen-bond donors (Lipinski definition) is 0. The zero-order valence-corrected chi connectivity index (χ0v) is 12.8. The van der Waals surface area contributed by atoms with E-state index in [4.69, 9.17) is 0 Å². The number of unbranched alkanes of at least 4 members (excludes halogenated alkanes) is 1. The van der Waals surface area contributed by atoms with Crippen LogP contribution in [0, 0.1) is 5.92 Å². The van der Waals surface area contributed by atoms with Crippen LogP contribution in [0.1, 0.15) is 72.1 Å². The van der Waals surface area contributed by atoms with E-state index in [0.717, 1.165) is 25.2 Å². The lowest BCUT2D eigenvalue weighted by atomic mass is 9.93. The molecule has 0 amide bonds. The summed E-state index contributed by atoms with van der Waals surface area (Å²) < 4.78 is 0. The summed E-state index contributed by atoms with van der Waals surface area (Å²) in [5.74, 6) is 0.742. The van der Waals surface area contributed by atoms with Crippen LogP contribution in [0.4, 0.5) is 0 Å². The molecule has 0 aromatic rings. The van der Waals surface area contributed by atoms with Gasteiger partial charge < -0.3 is 0 Å². The normalized spacial score (nSPS) is 13.4. The van der Waals surface area contributed by atoms with Crippen LogP contribution in [-0.2, 0) is 0 Å². The van der Waals surface area contributed by atoms with E-state index in [1.807, 2.05) is 6.08 Å². The molecule has 0 nitrogen and oxygen atoms in total. The van der Waals surface area contributed by atoms with Crippen molar-refractivity contribution in [1.82, 2.24) is 0 Å². The molecule has 0 heteroatoms. The summed E-state index contributed by atoms with van der Waals surface area (Å²) in [7, 11) is 0. The van der Waals surface area contributed by atoms with Crippen LogP contribution >= 0.6 is 0 Å². The third-order valence-electron chi connectivity index (χ3n) is 3.45. The highest BCUT2D eigenvalue weighted by atomic mass is 14.1. The second-order valence-corrected chi connectivity index (χ2v) is 5.41. The summed E-state index contributed by atoms with van der Waals surface area (Å²) in [6.07, 6.45) is 14.2. The predicted octanol–water partition coefficient (Wildman–Crippen LogP) is 6.45. The third-order valence-corrected chi connectivity index (χ3v) is 3.45. The SMILES string of the molecule is C=CCC(C)CC(=CCC)CCCCC(=C)CC. The standard InChI is InChI=1S/C18H32/c1-6-11-17(5)15-18(12-7-2)14-10-9-13-16(4)8-3/h6,12,17H,1,4,7-11,13-15H2,2-3,5H3. The van der Waals surface area contributed by atoms with Gasteiger partial charge >= 0.3 is 0 Å². The van der Waals surface area contributed by atoms with Gasteiger partial charge in [-0.2, -0.15) is 0 Å². The second kappa shape index (κ2) is 11.3. The molecule has 0 fully saturated rings. The molecule has 1 unspecified atom stereocenters. The van der Waals surface area contributed by atoms with Crippen LogP contribution < -0.4 is 0 Å². The Hall–Kier alpha value is -0.780. The van der Waals surface area contributed by atoms with Crippen molar-refractivity contribution in [2.24, 2.45) is 5.92 Å². The lowest BCUT2D eigenvalue weighted by Crippen LogP contribution is -1.96. The Morgan fingerprint density at radius 3 is 2.39 bits per heavy atom. The Kier molecular flexibility index (Phi) is 10.8. The molecule has 0 N–H and O–H groups in total. The summed E-state index contributed by atoms with van der Waals surface area (Å²) >= 11 is 0. The number of allylic oxidation sites excluding steroid dienone is 4. The molecule has 0 rings (SSSR count). The van der Waals surface area contributed by atoms with Crippen molar-refractivity contribution in [2.75, 3.05) is 0 Å². The molecule has 0 aromatic carbocycles. The Bertz CT molecular complexity index is 257. The minimum Gasteiger partial charge on any atom is -0.103 e. The number of hydrogen-bond acceptors (Lipinski definition) is 0. The zero-order valence-electron chi connectivity index (χ0n) is 12.8. The summed E-state index contributed by atoms with van der Waals surface area (Å²) in [5, 5.41) is 0. The van der Waals surface area contributed by atoms with Crippen LogP contribution in [0.15, 0.2) is 36.5 Å². The molecule has 0 saturated carbocycles. The average Bonchev–Trinajstić information content (AvgIpc) is 2.34. The van der Waals surface area contributed by atoms with Gasteiger partial charge in [0.1, 0.15) is 0 Å². The van der Waals surface area contributed by atoms with Gasteiger partial charge in [0.15, 0.2) is 0 Å². The predicted molar refractivity (Wildman–Crippen MR) is 84.9 cm³/mol. The Morgan fingerprint density at radius 1 is 1.17 bits per heavy atom. The van der Waals surface area contributed by atoms with Crippen molar-refractivity contribution in [2.45, 2.75) is 72.1 Å². The minimum absolute atomic E-state index is 0.742. The largest absolute Gasteiger partial charge is 0.103 e. The average molecular weight is 248 g/mol. The first kappa shape index (κ1) is 17.2. The summed E-state index contributed by atoms with van der Waals surface area (Å²) in [5.41, 5.74) is 3.05. The highest BCUT2D eigenvalue weighted by Crippen LogP contribution is 2.21. The highest BCUT2D eigenvalue weighted by molar-refractivity contribution is 5.03. The van der Waals surface area contributed by atoms with Crippen molar-refractivity contribution in [3.05, 3.63) is 36.5 Å². The first-order valence-corrected chi connectivity index (χ1v) is 7.59. The molecule has 0 aliphatic heterocycles. The van der Waals surface area contributed by atoms with Crippen molar-refractivity contribution >= 4 is 0 Å². The molecule has 104 valence electrons. The van der Waals surface area contributed by atoms with E-state index in [1.165, 1.54) is 37.7 Å². The summed E-state index contributed by atoms with van der Waals surface area (Å²) in [6, 6.07) is 0. The topological polar surface area (TPSA) is 0 Å². The lowest BCUT2D eigenvalue weighted by molar-refractivity contribution is 0.563. The Morgan fingerprint density at radius 2 is 1.83 bits per heavy atom. The van der Waals surface area contributed by atoms with E-state index in [-0.39, 0.29) is 0 Å².